The summed E-state index contributed by atoms with van der Waals surface area (Å²) in [5, 5.41) is 0. The summed E-state index contributed by atoms with van der Waals surface area (Å²) in [5.41, 5.74) is 1.38. The molecule has 1 aromatic carbocycles. The van der Waals surface area contributed by atoms with Gasteiger partial charge in [-0.05, 0) is 31.4 Å². The van der Waals surface area contributed by atoms with E-state index in [-0.39, 0.29) is 0 Å². The number of benzene rings is 1. The first-order valence-corrected chi connectivity index (χ1v) is 10.1. The number of unbranched alkanes of at least 4 members (excludes halogenated alkanes) is 11. The Morgan fingerprint density at radius 2 is 1.17 bits per heavy atom. The minimum absolute atomic E-state index is 0.759. The SMILES string of the molecule is CCCCCCCCCCCCCCc1ccccc1OCC. The third-order valence-electron chi connectivity index (χ3n) is 4.57. The lowest BCUT2D eigenvalue weighted by molar-refractivity contribution is 0.336. The maximum atomic E-state index is 5.69. The zero-order valence-corrected chi connectivity index (χ0v) is 15.6. The van der Waals surface area contributed by atoms with Gasteiger partial charge in [-0.2, -0.15) is 0 Å². The fraction of sp³-hybridized carbons (Fsp3) is 0.727. The molecule has 0 N–H and O–H groups in total. The van der Waals surface area contributed by atoms with E-state index in [1.54, 1.807) is 0 Å². The van der Waals surface area contributed by atoms with E-state index >= 15 is 0 Å². The molecule has 0 aliphatic heterocycles. The summed E-state index contributed by atoms with van der Waals surface area (Å²) in [6.45, 7) is 5.10. The van der Waals surface area contributed by atoms with E-state index in [1.807, 2.05) is 0 Å². The molecule has 0 radical (unpaired) electrons. The van der Waals surface area contributed by atoms with Gasteiger partial charge in [0.2, 0.25) is 0 Å². The number of aryl methyl sites for hydroxylation is 1. The van der Waals surface area contributed by atoms with Crippen LogP contribution in [0.5, 0.6) is 5.75 Å². The molecule has 0 spiro atoms. The molecular formula is C22H38O. The highest BCUT2D eigenvalue weighted by atomic mass is 16.5. The molecule has 0 fully saturated rings. The second-order valence-electron chi connectivity index (χ2n) is 6.68. The van der Waals surface area contributed by atoms with Crippen LogP contribution in [0.4, 0.5) is 0 Å². The Bertz CT molecular complexity index is 372. The number of para-hydroxylation sites is 1. The lowest BCUT2D eigenvalue weighted by atomic mass is 10.0. The van der Waals surface area contributed by atoms with Crippen LogP contribution in [-0.2, 0) is 6.42 Å². The fourth-order valence-electron chi connectivity index (χ4n) is 3.16. The Kier molecular flexibility index (Phi) is 12.7. The molecule has 0 aromatic heterocycles. The quantitative estimate of drug-likeness (QED) is 0.308. The second kappa shape index (κ2) is 14.6. The zero-order valence-electron chi connectivity index (χ0n) is 15.6. The molecule has 1 heteroatoms. The molecule has 0 heterocycles. The molecule has 0 saturated heterocycles. The fourth-order valence-corrected chi connectivity index (χ4v) is 3.16. The predicted octanol–water partition coefficient (Wildman–Crippen LogP) is 7.33. The number of rotatable bonds is 15. The van der Waals surface area contributed by atoms with E-state index in [9.17, 15) is 0 Å². The molecule has 0 saturated carbocycles. The third-order valence-corrected chi connectivity index (χ3v) is 4.57. The van der Waals surface area contributed by atoms with Gasteiger partial charge in [0.05, 0.1) is 6.61 Å². The van der Waals surface area contributed by atoms with Gasteiger partial charge in [0, 0.05) is 0 Å². The van der Waals surface area contributed by atoms with Gasteiger partial charge in [-0.3, -0.25) is 0 Å². The van der Waals surface area contributed by atoms with Crippen LogP contribution >= 0.6 is 0 Å². The van der Waals surface area contributed by atoms with Crippen molar-refractivity contribution >= 4 is 0 Å². The van der Waals surface area contributed by atoms with Crippen molar-refractivity contribution in [2.24, 2.45) is 0 Å². The van der Waals surface area contributed by atoms with Crippen LogP contribution in [0.15, 0.2) is 24.3 Å². The lowest BCUT2D eigenvalue weighted by Gasteiger charge is -2.09. The summed E-state index contributed by atoms with van der Waals surface area (Å²) >= 11 is 0. The topological polar surface area (TPSA) is 9.23 Å². The molecule has 23 heavy (non-hydrogen) atoms. The van der Waals surface area contributed by atoms with Crippen molar-refractivity contribution in [3.63, 3.8) is 0 Å². The van der Waals surface area contributed by atoms with Crippen LogP contribution in [0.1, 0.15) is 96.5 Å². The molecule has 1 aromatic rings. The molecule has 1 nitrogen and oxygen atoms in total. The maximum absolute atomic E-state index is 5.69. The molecule has 1 rings (SSSR count). The van der Waals surface area contributed by atoms with Gasteiger partial charge >= 0.3 is 0 Å². The summed E-state index contributed by atoms with van der Waals surface area (Å²) in [6, 6.07) is 8.50. The maximum Gasteiger partial charge on any atom is 0.122 e. The summed E-state index contributed by atoms with van der Waals surface area (Å²) < 4.78 is 5.69. The van der Waals surface area contributed by atoms with Crippen LogP contribution in [0.25, 0.3) is 0 Å². The summed E-state index contributed by atoms with van der Waals surface area (Å²) in [7, 11) is 0. The minimum atomic E-state index is 0.759. The van der Waals surface area contributed by atoms with Crippen LogP contribution in [0.2, 0.25) is 0 Å². The van der Waals surface area contributed by atoms with Crippen molar-refractivity contribution in [2.45, 2.75) is 97.3 Å². The van der Waals surface area contributed by atoms with Crippen molar-refractivity contribution in [3.8, 4) is 5.75 Å². The summed E-state index contributed by atoms with van der Waals surface area (Å²) in [6.07, 6.45) is 18.1. The van der Waals surface area contributed by atoms with Crippen LogP contribution < -0.4 is 4.74 Å². The van der Waals surface area contributed by atoms with Crippen molar-refractivity contribution in [1.82, 2.24) is 0 Å². The van der Waals surface area contributed by atoms with Crippen LogP contribution in [0, 0.1) is 0 Å². The summed E-state index contributed by atoms with van der Waals surface area (Å²) in [4.78, 5) is 0. The molecule has 0 atom stereocenters. The Morgan fingerprint density at radius 1 is 0.652 bits per heavy atom. The highest BCUT2D eigenvalue weighted by Crippen LogP contribution is 2.21. The van der Waals surface area contributed by atoms with E-state index in [2.05, 4.69) is 38.1 Å². The first-order chi connectivity index (χ1) is 11.4. The first-order valence-electron chi connectivity index (χ1n) is 10.1. The molecule has 0 aliphatic rings. The van der Waals surface area contributed by atoms with E-state index in [4.69, 9.17) is 4.74 Å². The molecule has 132 valence electrons. The highest BCUT2D eigenvalue weighted by Gasteiger charge is 2.01. The minimum Gasteiger partial charge on any atom is -0.494 e. The molecule has 0 bridgehead atoms. The molecular weight excluding hydrogens is 280 g/mol. The average Bonchev–Trinajstić information content (AvgIpc) is 2.57. The van der Waals surface area contributed by atoms with Gasteiger partial charge < -0.3 is 4.74 Å². The third kappa shape index (κ3) is 10.4. The predicted molar refractivity (Wildman–Crippen MR) is 102 cm³/mol. The van der Waals surface area contributed by atoms with Crippen LogP contribution in [0.3, 0.4) is 0 Å². The standard InChI is InChI=1S/C22H38O/c1-3-5-6-7-8-9-10-11-12-13-14-15-18-21-19-16-17-20-22(21)23-4-2/h16-17,19-20H,3-15,18H2,1-2H3. The monoisotopic (exact) mass is 318 g/mol. The van der Waals surface area contributed by atoms with Crippen molar-refractivity contribution in [3.05, 3.63) is 29.8 Å². The lowest BCUT2D eigenvalue weighted by Crippen LogP contribution is -1.96. The van der Waals surface area contributed by atoms with Gasteiger partial charge in [-0.1, -0.05) is 95.8 Å². The zero-order chi connectivity index (χ0) is 16.6. The van der Waals surface area contributed by atoms with E-state index < -0.39 is 0 Å². The summed E-state index contributed by atoms with van der Waals surface area (Å²) in [5.74, 6) is 1.08. The van der Waals surface area contributed by atoms with E-state index in [0.717, 1.165) is 18.8 Å². The Hall–Kier alpha value is -0.980. The van der Waals surface area contributed by atoms with Gasteiger partial charge in [0.1, 0.15) is 5.75 Å². The first kappa shape index (κ1) is 20.1. The van der Waals surface area contributed by atoms with Gasteiger partial charge in [0.25, 0.3) is 0 Å². The molecule has 0 amide bonds. The van der Waals surface area contributed by atoms with Crippen LogP contribution in [-0.4, -0.2) is 6.61 Å². The van der Waals surface area contributed by atoms with Crippen molar-refractivity contribution < 1.29 is 4.74 Å². The Morgan fingerprint density at radius 3 is 1.74 bits per heavy atom. The average molecular weight is 319 g/mol. The Labute approximate surface area is 144 Å². The van der Waals surface area contributed by atoms with E-state index in [0.29, 0.717) is 0 Å². The molecule has 0 aliphatic carbocycles. The molecule has 0 unspecified atom stereocenters. The van der Waals surface area contributed by atoms with Crippen molar-refractivity contribution in [2.75, 3.05) is 6.61 Å². The highest BCUT2D eigenvalue weighted by molar-refractivity contribution is 5.33. The Balaban J connectivity index is 1.94. The van der Waals surface area contributed by atoms with Crippen molar-refractivity contribution in [1.29, 1.82) is 0 Å². The number of hydrogen-bond acceptors (Lipinski definition) is 1. The number of ether oxygens (including phenoxy) is 1. The normalized spacial score (nSPS) is 10.9. The number of hydrogen-bond donors (Lipinski definition) is 0. The van der Waals surface area contributed by atoms with Gasteiger partial charge in [0.15, 0.2) is 0 Å². The van der Waals surface area contributed by atoms with Gasteiger partial charge in [-0.15, -0.1) is 0 Å². The smallest absolute Gasteiger partial charge is 0.122 e. The second-order valence-corrected chi connectivity index (χ2v) is 6.68. The van der Waals surface area contributed by atoms with Gasteiger partial charge in [-0.25, -0.2) is 0 Å². The largest absolute Gasteiger partial charge is 0.494 e. The van der Waals surface area contributed by atoms with E-state index in [1.165, 1.54) is 82.6 Å².